The van der Waals surface area contributed by atoms with E-state index in [4.69, 9.17) is 8.94 Å². The summed E-state index contributed by atoms with van der Waals surface area (Å²) in [6, 6.07) is 3.68. The fourth-order valence-corrected chi connectivity index (χ4v) is 2.96. The van der Waals surface area contributed by atoms with Gasteiger partial charge in [0.15, 0.2) is 5.82 Å². The lowest BCUT2D eigenvalue weighted by molar-refractivity contribution is -0.126. The van der Waals surface area contributed by atoms with E-state index in [0.717, 1.165) is 50.4 Å². The van der Waals surface area contributed by atoms with Crippen molar-refractivity contribution in [3.05, 3.63) is 35.9 Å². The van der Waals surface area contributed by atoms with E-state index in [2.05, 4.69) is 27.3 Å². The molecule has 7 nitrogen and oxygen atoms in total. The highest BCUT2D eigenvalue weighted by atomic mass is 16.5. The second-order valence-electron chi connectivity index (χ2n) is 6.20. The van der Waals surface area contributed by atoms with Crippen LogP contribution in [0.25, 0.3) is 0 Å². The normalized spacial score (nSPS) is 16.4. The van der Waals surface area contributed by atoms with E-state index in [1.165, 1.54) is 0 Å². The van der Waals surface area contributed by atoms with Crippen molar-refractivity contribution in [1.82, 2.24) is 20.4 Å². The number of rotatable bonds is 7. The number of carbonyl (C=O) groups is 1. The Hall–Kier alpha value is -2.15. The molecule has 1 aliphatic heterocycles. The van der Waals surface area contributed by atoms with Gasteiger partial charge >= 0.3 is 0 Å². The van der Waals surface area contributed by atoms with Crippen LogP contribution in [0, 0.1) is 5.92 Å². The Balaban J connectivity index is 1.40. The van der Waals surface area contributed by atoms with Gasteiger partial charge in [-0.3, -0.25) is 9.69 Å². The number of hydrogen-bond donors (Lipinski definition) is 1. The molecule has 1 aliphatic rings. The van der Waals surface area contributed by atoms with Gasteiger partial charge < -0.3 is 14.3 Å². The molecule has 0 atom stereocenters. The van der Waals surface area contributed by atoms with Crippen molar-refractivity contribution in [2.24, 2.45) is 5.92 Å². The predicted molar refractivity (Wildman–Crippen MR) is 86.8 cm³/mol. The topological polar surface area (TPSA) is 84.4 Å². The Morgan fingerprint density at radius 2 is 2.25 bits per heavy atom. The van der Waals surface area contributed by atoms with Crippen molar-refractivity contribution in [3.8, 4) is 0 Å². The third-order valence-electron chi connectivity index (χ3n) is 4.32. The lowest BCUT2D eigenvalue weighted by Gasteiger charge is -2.30. The van der Waals surface area contributed by atoms with Crippen LogP contribution >= 0.6 is 0 Å². The molecule has 0 bridgehead atoms. The molecule has 1 saturated heterocycles. The van der Waals surface area contributed by atoms with E-state index in [0.29, 0.717) is 19.0 Å². The van der Waals surface area contributed by atoms with Crippen LogP contribution in [0.3, 0.4) is 0 Å². The molecule has 0 spiro atoms. The maximum atomic E-state index is 12.2. The van der Waals surface area contributed by atoms with Crippen LogP contribution in [0.4, 0.5) is 0 Å². The molecule has 130 valence electrons. The summed E-state index contributed by atoms with van der Waals surface area (Å²) in [4.78, 5) is 18.9. The van der Waals surface area contributed by atoms with E-state index in [-0.39, 0.29) is 11.8 Å². The molecule has 2 aromatic rings. The molecular weight excluding hydrogens is 308 g/mol. The molecule has 1 N–H and O–H groups in total. The van der Waals surface area contributed by atoms with Gasteiger partial charge in [-0.25, -0.2) is 0 Å². The third kappa shape index (κ3) is 4.44. The lowest BCUT2D eigenvalue weighted by Crippen LogP contribution is -2.40. The molecule has 3 rings (SSSR count). The molecule has 24 heavy (non-hydrogen) atoms. The number of aryl methyl sites for hydroxylation is 1. The van der Waals surface area contributed by atoms with Gasteiger partial charge in [-0.1, -0.05) is 12.1 Å². The highest BCUT2D eigenvalue weighted by molar-refractivity contribution is 5.78. The van der Waals surface area contributed by atoms with Gasteiger partial charge in [-0.2, -0.15) is 4.98 Å². The molecule has 0 aromatic carbocycles. The highest BCUT2D eigenvalue weighted by Crippen LogP contribution is 2.19. The predicted octanol–water partition coefficient (Wildman–Crippen LogP) is 2.14. The van der Waals surface area contributed by atoms with Crippen molar-refractivity contribution < 1.29 is 13.7 Å². The fraction of sp³-hybridized carbons (Fsp3) is 0.588. The zero-order chi connectivity index (χ0) is 16.8. The lowest BCUT2D eigenvalue weighted by atomic mass is 9.96. The molecular formula is C17H24N4O3. The van der Waals surface area contributed by atoms with Gasteiger partial charge in [0.1, 0.15) is 5.76 Å². The Bertz CT molecular complexity index is 630. The number of hydrogen-bond acceptors (Lipinski definition) is 6. The Morgan fingerprint density at radius 3 is 2.96 bits per heavy atom. The van der Waals surface area contributed by atoms with Crippen molar-refractivity contribution in [1.29, 1.82) is 0 Å². The van der Waals surface area contributed by atoms with Gasteiger partial charge in [0.25, 0.3) is 0 Å². The van der Waals surface area contributed by atoms with Crippen LogP contribution in [0.5, 0.6) is 0 Å². The van der Waals surface area contributed by atoms with Gasteiger partial charge in [0.05, 0.1) is 19.4 Å². The summed E-state index contributed by atoms with van der Waals surface area (Å²) < 4.78 is 10.5. The zero-order valence-corrected chi connectivity index (χ0v) is 14.0. The van der Waals surface area contributed by atoms with Gasteiger partial charge in [0.2, 0.25) is 11.8 Å². The maximum absolute atomic E-state index is 12.2. The third-order valence-corrected chi connectivity index (χ3v) is 4.32. The number of amides is 1. The van der Waals surface area contributed by atoms with Gasteiger partial charge in [-0.05, 0) is 44.5 Å². The molecule has 7 heteroatoms. The smallest absolute Gasteiger partial charge is 0.240 e. The van der Waals surface area contributed by atoms with E-state index in [1.54, 1.807) is 6.26 Å². The average molecular weight is 332 g/mol. The van der Waals surface area contributed by atoms with E-state index < -0.39 is 0 Å². The minimum Gasteiger partial charge on any atom is -0.467 e. The zero-order valence-electron chi connectivity index (χ0n) is 14.0. The fourth-order valence-electron chi connectivity index (χ4n) is 2.96. The van der Waals surface area contributed by atoms with Crippen LogP contribution in [-0.4, -0.2) is 34.0 Å². The van der Waals surface area contributed by atoms with E-state index >= 15 is 0 Å². The van der Waals surface area contributed by atoms with Crippen molar-refractivity contribution >= 4 is 5.91 Å². The first-order valence-corrected chi connectivity index (χ1v) is 8.58. The van der Waals surface area contributed by atoms with E-state index in [1.807, 2.05) is 12.1 Å². The number of nitrogens with one attached hydrogen (secondary N) is 1. The summed E-state index contributed by atoms with van der Waals surface area (Å²) in [7, 11) is 0. The van der Waals surface area contributed by atoms with Crippen molar-refractivity contribution in [2.75, 3.05) is 13.1 Å². The molecule has 0 saturated carbocycles. The molecule has 1 fully saturated rings. The molecule has 0 aliphatic carbocycles. The second kappa shape index (κ2) is 8.10. The number of carbonyl (C=O) groups excluding carboxylic acids is 1. The first-order chi connectivity index (χ1) is 11.7. The van der Waals surface area contributed by atoms with E-state index in [9.17, 15) is 4.79 Å². The Morgan fingerprint density at radius 1 is 1.42 bits per heavy atom. The largest absolute Gasteiger partial charge is 0.467 e. The first-order valence-electron chi connectivity index (χ1n) is 8.58. The molecule has 3 heterocycles. The standard InChI is InChI=1S/C17H24N4O3/c1-2-4-15-19-16(24-20-15)12-21-8-6-13(7-9-21)17(22)18-11-14-5-3-10-23-14/h3,5,10,13H,2,4,6-9,11-12H2,1H3,(H,18,22). The number of furan rings is 1. The van der Waals surface area contributed by atoms with Crippen LogP contribution in [0.2, 0.25) is 0 Å². The first kappa shape index (κ1) is 16.7. The molecule has 2 aromatic heterocycles. The number of piperidine rings is 1. The summed E-state index contributed by atoms with van der Waals surface area (Å²) >= 11 is 0. The maximum Gasteiger partial charge on any atom is 0.240 e. The molecule has 0 radical (unpaired) electrons. The Labute approximate surface area is 141 Å². The molecule has 1 amide bonds. The molecule has 0 unspecified atom stereocenters. The van der Waals surface area contributed by atoms with Crippen molar-refractivity contribution in [3.63, 3.8) is 0 Å². The van der Waals surface area contributed by atoms with Crippen LogP contribution in [0.15, 0.2) is 27.3 Å². The van der Waals surface area contributed by atoms with Gasteiger partial charge in [0, 0.05) is 12.3 Å². The van der Waals surface area contributed by atoms with Crippen LogP contribution < -0.4 is 5.32 Å². The summed E-state index contributed by atoms with van der Waals surface area (Å²) in [6.07, 6.45) is 5.17. The number of aromatic nitrogens is 2. The summed E-state index contributed by atoms with van der Waals surface area (Å²) in [5, 5.41) is 6.92. The quantitative estimate of drug-likeness (QED) is 0.836. The SMILES string of the molecule is CCCc1noc(CN2CCC(C(=O)NCc3ccco3)CC2)n1. The monoisotopic (exact) mass is 332 g/mol. The number of nitrogens with zero attached hydrogens (tertiary/aromatic N) is 3. The highest BCUT2D eigenvalue weighted by Gasteiger charge is 2.25. The minimum atomic E-state index is 0.0644. The summed E-state index contributed by atoms with van der Waals surface area (Å²) in [6.45, 7) is 4.94. The van der Waals surface area contributed by atoms with Gasteiger partial charge in [-0.15, -0.1) is 0 Å². The second-order valence-corrected chi connectivity index (χ2v) is 6.20. The number of likely N-dealkylation sites (tertiary alicyclic amines) is 1. The van der Waals surface area contributed by atoms with Crippen molar-refractivity contribution in [2.45, 2.75) is 45.7 Å². The van der Waals surface area contributed by atoms with Crippen LogP contribution in [-0.2, 0) is 24.3 Å². The van der Waals surface area contributed by atoms with Crippen LogP contribution in [0.1, 0.15) is 43.7 Å². The summed E-state index contributed by atoms with van der Waals surface area (Å²) in [5.74, 6) is 2.39. The minimum absolute atomic E-state index is 0.0644. The average Bonchev–Trinajstić information content (AvgIpc) is 3.26. The Kier molecular flexibility index (Phi) is 5.63. The summed E-state index contributed by atoms with van der Waals surface area (Å²) in [5.41, 5.74) is 0.